The van der Waals surface area contributed by atoms with Crippen LogP contribution in [-0.4, -0.2) is 81.1 Å². The first-order valence-electron chi connectivity index (χ1n) is 14.5. The van der Waals surface area contributed by atoms with Gasteiger partial charge < -0.3 is 15.3 Å². The molecule has 0 radical (unpaired) electrons. The maximum absolute atomic E-state index is 15.0. The SMILES string of the molecule is Cc1c(F)cccc1[C@@H]1[C@@H](C(=O)c2cccc(O)c2)CN(C2CCN(CC(C)(C)O)C2)C[C@H]1C(=O)c1cccc(O)c1. The third-order valence-corrected chi connectivity index (χ3v) is 8.71. The molecule has 2 aliphatic heterocycles. The fraction of sp³-hybridized carbons (Fsp3) is 0.412. The van der Waals surface area contributed by atoms with Gasteiger partial charge in [-0.1, -0.05) is 36.4 Å². The molecule has 5 rings (SSSR count). The standard InChI is InChI=1S/C34H39FN2O5/c1-21-27(11-6-12-30(21)35)31-28(32(40)22-7-4-9-25(38)15-22)18-37(24-13-14-36(17-24)20-34(2,3)42)19-29(31)33(41)23-8-5-10-26(39)16-23/h4-12,15-16,24,28-29,31,38-39,42H,13-14,17-20H2,1-3H3/t24?,28-,29+,31+. The Morgan fingerprint density at radius 3 is 1.95 bits per heavy atom. The average molecular weight is 575 g/mol. The van der Waals surface area contributed by atoms with Crippen molar-refractivity contribution >= 4 is 11.6 Å². The minimum atomic E-state index is -0.849. The van der Waals surface area contributed by atoms with Gasteiger partial charge in [0, 0.05) is 61.1 Å². The van der Waals surface area contributed by atoms with E-state index in [9.17, 15) is 29.3 Å². The number of ketones is 2. The molecule has 8 heteroatoms. The van der Waals surface area contributed by atoms with Gasteiger partial charge in [-0.15, -0.1) is 0 Å². The van der Waals surface area contributed by atoms with E-state index in [-0.39, 0.29) is 29.1 Å². The number of aliphatic hydroxyl groups is 1. The Bertz CT molecular complexity index is 1400. The number of rotatable bonds is 8. The molecule has 4 atom stereocenters. The van der Waals surface area contributed by atoms with Crippen LogP contribution < -0.4 is 0 Å². The number of halogens is 1. The molecular weight excluding hydrogens is 535 g/mol. The first kappa shape index (κ1) is 29.9. The molecule has 0 spiro atoms. The second kappa shape index (κ2) is 12.0. The largest absolute Gasteiger partial charge is 0.508 e. The number of hydrogen-bond donors (Lipinski definition) is 3. The van der Waals surface area contributed by atoms with Crippen LogP contribution in [0, 0.1) is 24.6 Å². The third kappa shape index (κ3) is 6.41. The van der Waals surface area contributed by atoms with Gasteiger partial charge in [-0.3, -0.25) is 19.4 Å². The summed E-state index contributed by atoms with van der Waals surface area (Å²) in [5.74, 6) is -2.93. The smallest absolute Gasteiger partial charge is 0.167 e. The highest BCUT2D eigenvalue weighted by Gasteiger charge is 2.47. The predicted octanol–water partition coefficient (Wildman–Crippen LogP) is 4.79. The topological polar surface area (TPSA) is 101 Å². The number of likely N-dealkylation sites (tertiary alicyclic amines) is 2. The van der Waals surface area contributed by atoms with Gasteiger partial charge >= 0.3 is 0 Å². The van der Waals surface area contributed by atoms with Gasteiger partial charge in [-0.2, -0.15) is 0 Å². The van der Waals surface area contributed by atoms with E-state index in [0.29, 0.717) is 48.4 Å². The number of carbonyl (C=O) groups is 2. The van der Waals surface area contributed by atoms with E-state index in [1.54, 1.807) is 57.2 Å². The number of piperidine rings is 1. The molecule has 0 aliphatic carbocycles. The Kier molecular flexibility index (Phi) is 8.51. The van der Waals surface area contributed by atoms with Gasteiger partial charge in [-0.05, 0) is 75.2 Å². The Hall–Kier alpha value is -3.59. The van der Waals surface area contributed by atoms with Crippen molar-refractivity contribution in [2.75, 3.05) is 32.7 Å². The van der Waals surface area contributed by atoms with Gasteiger partial charge in [0.15, 0.2) is 11.6 Å². The molecule has 2 aliphatic rings. The van der Waals surface area contributed by atoms with Crippen LogP contribution in [0.4, 0.5) is 4.39 Å². The molecule has 2 heterocycles. The Balaban J connectivity index is 1.60. The summed E-state index contributed by atoms with van der Waals surface area (Å²) in [5.41, 5.74) is 0.828. The van der Waals surface area contributed by atoms with Crippen molar-refractivity contribution < 1.29 is 29.3 Å². The monoisotopic (exact) mass is 574 g/mol. The molecular formula is C34H39FN2O5. The van der Waals surface area contributed by atoms with Crippen LogP contribution in [0.5, 0.6) is 11.5 Å². The number of β-amino-alcohol motifs (C(OH)–C–C–N with tert-alkyl or cyclic N) is 1. The molecule has 42 heavy (non-hydrogen) atoms. The van der Waals surface area contributed by atoms with Crippen LogP contribution in [0.25, 0.3) is 0 Å². The van der Waals surface area contributed by atoms with Crippen LogP contribution in [0.2, 0.25) is 0 Å². The van der Waals surface area contributed by atoms with Gasteiger partial charge in [0.2, 0.25) is 0 Å². The summed E-state index contributed by atoms with van der Waals surface area (Å²) in [6.45, 7) is 7.94. The second-order valence-corrected chi connectivity index (χ2v) is 12.5. The van der Waals surface area contributed by atoms with Crippen molar-refractivity contribution in [2.24, 2.45) is 11.8 Å². The van der Waals surface area contributed by atoms with Crippen molar-refractivity contribution in [2.45, 2.75) is 44.8 Å². The predicted molar refractivity (Wildman–Crippen MR) is 158 cm³/mol. The summed E-state index contributed by atoms with van der Waals surface area (Å²) in [7, 11) is 0. The molecule has 0 amide bonds. The zero-order chi connectivity index (χ0) is 30.2. The first-order valence-corrected chi connectivity index (χ1v) is 14.5. The van der Waals surface area contributed by atoms with Crippen LogP contribution in [0.15, 0.2) is 66.7 Å². The molecule has 0 saturated carbocycles. The maximum Gasteiger partial charge on any atom is 0.167 e. The lowest BCUT2D eigenvalue weighted by atomic mass is 9.67. The van der Waals surface area contributed by atoms with E-state index in [4.69, 9.17) is 0 Å². The highest BCUT2D eigenvalue weighted by atomic mass is 19.1. The summed E-state index contributed by atoms with van der Waals surface area (Å²) < 4.78 is 15.0. The van der Waals surface area contributed by atoms with E-state index >= 15 is 0 Å². The van der Waals surface area contributed by atoms with Crippen molar-refractivity contribution in [1.82, 2.24) is 9.80 Å². The Morgan fingerprint density at radius 2 is 1.43 bits per heavy atom. The summed E-state index contributed by atoms with van der Waals surface area (Å²) in [6.07, 6.45) is 0.819. The quantitative estimate of drug-likeness (QED) is 0.333. The second-order valence-electron chi connectivity index (χ2n) is 12.5. The van der Waals surface area contributed by atoms with E-state index in [0.717, 1.165) is 13.0 Å². The molecule has 2 saturated heterocycles. The van der Waals surface area contributed by atoms with E-state index in [1.807, 2.05) is 0 Å². The molecule has 0 aromatic heterocycles. The molecule has 0 bridgehead atoms. The van der Waals surface area contributed by atoms with Crippen LogP contribution in [-0.2, 0) is 0 Å². The maximum atomic E-state index is 15.0. The van der Waals surface area contributed by atoms with Crippen LogP contribution in [0.3, 0.4) is 0 Å². The zero-order valence-corrected chi connectivity index (χ0v) is 24.3. The molecule has 3 N–H and O–H groups in total. The number of Topliss-reactive ketones (excluding diaryl/α,β-unsaturated/α-hetero) is 2. The number of phenolic OH excluding ortho intramolecular Hbond substituents is 2. The first-order chi connectivity index (χ1) is 19.9. The Morgan fingerprint density at radius 1 is 0.881 bits per heavy atom. The van der Waals surface area contributed by atoms with Crippen molar-refractivity contribution in [3.8, 4) is 11.5 Å². The molecule has 3 aromatic carbocycles. The fourth-order valence-electron chi connectivity index (χ4n) is 6.84. The van der Waals surface area contributed by atoms with Crippen LogP contribution >= 0.6 is 0 Å². The lowest BCUT2D eigenvalue weighted by molar-refractivity contribution is 0.0338. The fourth-order valence-corrected chi connectivity index (χ4v) is 6.84. The zero-order valence-electron chi connectivity index (χ0n) is 24.3. The third-order valence-electron chi connectivity index (χ3n) is 8.71. The number of benzene rings is 3. The number of phenols is 2. The number of aromatic hydroxyl groups is 2. The van der Waals surface area contributed by atoms with Gasteiger partial charge in [0.05, 0.1) is 5.60 Å². The van der Waals surface area contributed by atoms with Gasteiger partial charge in [-0.25, -0.2) is 4.39 Å². The van der Waals surface area contributed by atoms with Crippen LogP contribution in [0.1, 0.15) is 58.0 Å². The van der Waals surface area contributed by atoms with Crippen molar-refractivity contribution in [3.05, 3.63) is 94.8 Å². The van der Waals surface area contributed by atoms with E-state index < -0.39 is 29.2 Å². The molecule has 2 fully saturated rings. The minimum absolute atomic E-state index is 0.0301. The van der Waals surface area contributed by atoms with E-state index in [1.165, 1.54) is 30.3 Å². The molecule has 3 aromatic rings. The summed E-state index contributed by atoms with van der Waals surface area (Å²) in [5, 5.41) is 30.7. The highest BCUT2D eigenvalue weighted by molar-refractivity contribution is 6.02. The van der Waals surface area contributed by atoms with E-state index in [2.05, 4.69) is 9.80 Å². The number of hydrogen-bond acceptors (Lipinski definition) is 7. The molecule has 1 unspecified atom stereocenters. The summed E-state index contributed by atoms with van der Waals surface area (Å²) >= 11 is 0. The normalized spacial score (nSPS) is 23.6. The van der Waals surface area contributed by atoms with Gasteiger partial charge in [0.25, 0.3) is 0 Å². The Labute approximate surface area is 246 Å². The average Bonchev–Trinajstić information content (AvgIpc) is 3.40. The highest BCUT2D eigenvalue weighted by Crippen LogP contribution is 2.43. The van der Waals surface area contributed by atoms with Crippen molar-refractivity contribution in [3.63, 3.8) is 0 Å². The lowest BCUT2D eigenvalue weighted by Crippen LogP contribution is -2.54. The lowest BCUT2D eigenvalue weighted by Gasteiger charge is -2.45. The number of nitrogens with zero attached hydrogens (tertiary/aromatic N) is 2. The molecule has 222 valence electrons. The summed E-state index contributed by atoms with van der Waals surface area (Å²) in [6, 6.07) is 17.3. The minimum Gasteiger partial charge on any atom is -0.508 e. The van der Waals surface area contributed by atoms with Crippen molar-refractivity contribution in [1.29, 1.82) is 0 Å². The number of carbonyl (C=O) groups excluding carboxylic acids is 2. The summed E-state index contributed by atoms with van der Waals surface area (Å²) in [4.78, 5) is 33.0. The molecule has 7 nitrogen and oxygen atoms in total. The van der Waals surface area contributed by atoms with Gasteiger partial charge in [0.1, 0.15) is 17.3 Å².